The van der Waals surface area contributed by atoms with Crippen LogP contribution >= 0.6 is 0 Å². The maximum atomic E-state index is 12.0. The van der Waals surface area contributed by atoms with E-state index in [0.29, 0.717) is 6.42 Å². The number of carboxylic acid groups (broad SMARTS) is 2. The van der Waals surface area contributed by atoms with Gasteiger partial charge in [0.2, 0.25) is 0 Å². The van der Waals surface area contributed by atoms with Crippen molar-refractivity contribution >= 4 is 17.7 Å². The van der Waals surface area contributed by atoms with E-state index in [1.54, 1.807) is 0 Å². The van der Waals surface area contributed by atoms with Crippen LogP contribution in [0.5, 0.6) is 0 Å². The molecule has 6 nitrogen and oxygen atoms in total. The summed E-state index contributed by atoms with van der Waals surface area (Å²) in [5.41, 5.74) is 3.56. The zero-order chi connectivity index (χ0) is 17.7. The van der Waals surface area contributed by atoms with Crippen molar-refractivity contribution in [3.63, 3.8) is 0 Å². The van der Waals surface area contributed by atoms with Crippen LogP contribution in [0.4, 0.5) is 0 Å². The summed E-state index contributed by atoms with van der Waals surface area (Å²) >= 11 is 0. The van der Waals surface area contributed by atoms with Crippen LogP contribution in [0.2, 0.25) is 0 Å². The van der Waals surface area contributed by atoms with Crippen molar-refractivity contribution in [3.8, 4) is 0 Å². The van der Waals surface area contributed by atoms with E-state index < -0.39 is 29.7 Å². The van der Waals surface area contributed by atoms with Crippen LogP contribution in [0.15, 0.2) is 0 Å². The molecule has 0 fully saturated rings. The number of carbonyl (C=O) groups is 3. The molecule has 0 spiro atoms. The van der Waals surface area contributed by atoms with E-state index in [1.807, 2.05) is 0 Å². The van der Waals surface area contributed by atoms with Gasteiger partial charge < -0.3 is 15.9 Å². The summed E-state index contributed by atoms with van der Waals surface area (Å²) < 4.78 is 0. The number of carboxylic acids is 2. The Bertz CT molecular complexity index is 383. The molecule has 4 N–H and O–H groups in total. The van der Waals surface area contributed by atoms with Crippen LogP contribution in [-0.2, 0) is 14.4 Å². The molecule has 6 heteroatoms. The number of ketones is 1. The van der Waals surface area contributed by atoms with Gasteiger partial charge in [-0.05, 0) is 12.8 Å². The van der Waals surface area contributed by atoms with Crippen molar-refractivity contribution in [1.29, 1.82) is 0 Å². The monoisotopic (exact) mass is 329 g/mol. The van der Waals surface area contributed by atoms with Crippen LogP contribution in [-0.4, -0.2) is 33.5 Å². The highest BCUT2D eigenvalue weighted by molar-refractivity contribution is 6.07. The molecule has 0 saturated carbocycles. The Morgan fingerprint density at radius 1 is 0.826 bits per heavy atom. The van der Waals surface area contributed by atoms with Gasteiger partial charge in [-0.15, -0.1) is 0 Å². The molecule has 1 atom stereocenters. The Hall–Kier alpha value is -1.43. The van der Waals surface area contributed by atoms with E-state index in [0.717, 1.165) is 19.3 Å². The van der Waals surface area contributed by atoms with Crippen molar-refractivity contribution < 1.29 is 24.6 Å². The number of hydrogen-bond donors (Lipinski definition) is 3. The zero-order valence-electron chi connectivity index (χ0n) is 14.2. The summed E-state index contributed by atoms with van der Waals surface area (Å²) in [7, 11) is 0. The van der Waals surface area contributed by atoms with Crippen LogP contribution in [0.25, 0.3) is 0 Å². The topological polar surface area (TPSA) is 118 Å². The predicted molar refractivity (Wildman–Crippen MR) is 88.3 cm³/mol. The number of nitrogens with two attached hydrogens (primary N) is 1. The highest BCUT2D eigenvalue weighted by atomic mass is 16.4. The zero-order valence-corrected chi connectivity index (χ0v) is 14.2. The fraction of sp³-hybridized carbons (Fsp3) is 0.824. The maximum Gasteiger partial charge on any atom is 0.331 e. The lowest BCUT2D eigenvalue weighted by molar-refractivity contribution is -0.149. The molecule has 0 aromatic rings. The van der Waals surface area contributed by atoms with Crippen molar-refractivity contribution in [3.05, 3.63) is 0 Å². The Morgan fingerprint density at radius 3 is 1.74 bits per heavy atom. The largest absolute Gasteiger partial charge is 0.481 e. The molecular weight excluding hydrogens is 298 g/mol. The second-order valence-electron chi connectivity index (χ2n) is 6.17. The summed E-state index contributed by atoms with van der Waals surface area (Å²) in [4.78, 5) is 33.8. The fourth-order valence-electron chi connectivity index (χ4n) is 2.49. The number of Topliss-reactive ketones (excluding diaryl/α,β-unsaturated/α-hetero) is 1. The molecule has 23 heavy (non-hydrogen) atoms. The second kappa shape index (κ2) is 12.0. The molecule has 0 unspecified atom stereocenters. The number of unbranched alkanes of at least 4 members (excludes halogenated alkanes) is 8. The average Bonchev–Trinajstić information content (AvgIpc) is 2.50. The van der Waals surface area contributed by atoms with Crippen molar-refractivity contribution in [2.75, 3.05) is 0 Å². The summed E-state index contributed by atoms with van der Waals surface area (Å²) in [6.07, 6.45) is 9.15. The second-order valence-corrected chi connectivity index (χ2v) is 6.17. The van der Waals surface area contributed by atoms with E-state index in [9.17, 15) is 14.4 Å². The first-order valence-electron chi connectivity index (χ1n) is 8.62. The molecule has 0 radical (unpaired) electrons. The van der Waals surface area contributed by atoms with Gasteiger partial charge in [-0.3, -0.25) is 9.59 Å². The van der Waals surface area contributed by atoms with Gasteiger partial charge in [0.25, 0.3) is 0 Å². The Kier molecular flexibility index (Phi) is 11.3. The van der Waals surface area contributed by atoms with Gasteiger partial charge in [0.05, 0.1) is 0 Å². The van der Waals surface area contributed by atoms with Gasteiger partial charge in [0, 0.05) is 12.8 Å². The summed E-state index contributed by atoms with van der Waals surface area (Å²) in [6, 6.07) is 0. The normalized spacial score (nSPS) is 13.5. The van der Waals surface area contributed by atoms with E-state index in [4.69, 9.17) is 15.9 Å². The van der Waals surface area contributed by atoms with E-state index in [2.05, 4.69) is 6.92 Å². The van der Waals surface area contributed by atoms with Gasteiger partial charge in [-0.2, -0.15) is 0 Å². The summed E-state index contributed by atoms with van der Waals surface area (Å²) in [5.74, 6) is -3.18. The van der Waals surface area contributed by atoms with Gasteiger partial charge in [0.1, 0.15) is 0 Å². The Balaban J connectivity index is 3.96. The lowest BCUT2D eigenvalue weighted by atomic mass is 9.87. The molecule has 0 aliphatic heterocycles. The lowest BCUT2D eigenvalue weighted by Crippen LogP contribution is -2.55. The minimum absolute atomic E-state index is 0.0955. The molecule has 0 aliphatic carbocycles. The van der Waals surface area contributed by atoms with E-state index >= 15 is 0 Å². The number of rotatable bonds is 15. The Labute approximate surface area is 138 Å². The molecular formula is C17H31NO5. The number of aliphatic carboxylic acids is 2. The van der Waals surface area contributed by atoms with E-state index in [-0.39, 0.29) is 12.8 Å². The van der Waals surface area contributed by atoms with Crippen molar-refractivity contribution in [2.45, 2.75) is 89.5 Å². The molecule has 0 aromatic carbocycles. The van der Waals surface area contributed by atoms with E-state index in [1.165, 1.54) is 32.1 Å². The first-order chi connectivity index (χ1) is 10.8. The van der Waals surface area contributed by atoms with Crippen molar-refractivity contribution in [1.82, 2.24) is 0 Å². The highest BCUT2D eigenvalue weighted by Crippen LogP contribution is 2.17. The Morgan fingerprint density at radius 2 is 1.30 bits per heavy atom. The van der Waals surface area contributed by atoms with Gasteiger partial charge >= 0.3 is 11.9 Å². The minimum Gasteiger partial charge on any atom is -0.481 e. The predicted octanol–water partition coefficient (Wildman–Crippen LogP) is 3.12. The molecule has 0 aromatic heterocycles. The summed E-state index contributed by atoms with van der Waals surface area (Å²) in [5, 5.41) is 17.8. The molecule has 0 aliphatic rings. The van der Waals surface area contributed by atoms with Gasteiger partial charge in [-0.25, -0.2) is 4.79 Å². The lowest BCUT2D eigenvalue weighted by Gasteiger charge is -2.22. The number of hydrogen-bond acceptors (Lipinski definition) is 4. The van der Waals surface area contributed by atoms with Crippen LogP contribution in [0, 0.1) is 0 Å². The molecule has 0 bridgehead atoms. The molecule has 0 rings (SSSR count). The SMILES string of the molecule is CCCCCCCCCCCC(=O)[C@](N)(CCC(=O)O)C(=O)O. The first-order valence-corrected chi connectivity index (χ1v) is 8.62. The smallest absolute Gasteiger partial charge is 0.331 e. The number of carbonyl (C=O) groups excluding carboxylic acids is 1. The van der Waals surface area contributed by atoms with Crippen LogP contribution in [0.3, 0.4) is 0 Å². The molecule has 0 heterocycles. The third kappa shape index (κ3) is 9.33. The molecule has 0 amide bonds. The molecule has 0 saturated heterocycles. The fourth-order valence-corrected chi connectivity index (χ4v) is 2.49. The summed E-state index contributed by atoms with van der Waals surface area (Å²) in [6.45, 7) is 2.18. The maximum absolute atomic E-state index is 12.0. The quantitative estimate of drug-likeness (QED) is 0.314. The van der Waals surface area contributed by atoms with Crippen LogP contribution in [0.1, 0.15) is 84.0 Å². The van der Waals surface area contributed by atoms with Crippen molar-refractivity contribution in [2.24, 2.45) is 5.73 Å². The van der Waals surface area contributed by atoms with Gasteiger partial charge in [0.15, 0.2) is 11.3 Å². The minimum atomic E-state index is -2.07. The van der Waals surface area contributed by atoms with Crippen LogP contribution < -0.4 is 5.73 Å². The first kappa shape index (κ1) is 21.6. The third-order valence-electron chi connectivity index (χ3n) is 4.12. The van der Waals surface area contributed by atoms with Gasteiger partial charge in [-0.1, -0.05) is 58.3 Å². The third-order valence-corrected chi connectivity index (χ3v) is 4.12. The standard InChI is InChI=1S/C17H31NO5/c1-2-3-4-5-6-7-8-9-10-11-14(19)17(18,16(22)23)13-12-15(20)21/h2-13,18H2,1H3,(H,20,21)(H,22,23)/t17-/m1/s1. The molecule has 134 valence electrons. The highest BCUT2D eigenvalue weighted by Gasteiger charge is 2.41. The average molecular weight is 329 g/mol.